The van der Waals surface area contributed by atoms with Gasteiger partial charge in [-0.25, -0.2) is 0 Å². The Labute approximate surface area is 106 Å². The number of carbonyl (C=O) groups excluding carboxylic acids is 2. The highest BCUT2D eigenvalue weighted by molar-refractivity contribution is 7.99. The third-order valence-corrected chi connectivity index (χ3v) is 4.94. The van der Waals surface area contributed by atoms with Gasteiger partial charge in [0.05, 0.1) is 6.54 Å². The molecule has 17 heavy (non-hydrogen) atoms. The van der Waals surface area contributed by atoms with E-state index in [2.05, 4.69) is 5.32 Å². The molecular formula is C12H20N2O2S. The molecule has 96 valence electrons. The average Bonchev–Trinajstić information content (AvgIpc) is 2.35. The summed E-state index contributed by atoms with van der Waals surface area (Å²) in [5.74, 6) is 2.21. The van der Waals surface area contributed by atoms with Gasteiger partial charge in [-0.2, -0.15) is 11.8 Å². The zero-order valence-corrected chi connectivity index (χ0v) is 11.3. The fraction of sp³-hybridized carbons (Fsp3) is 0.833. The molecule has 2 fully saturated rings. The lowest BCUT2D eigenvalue weighted by molar-refractivity contribution is -0.151. The minimum absolute atomic E-state index is 0.0236. The Morgan fingerprint density at radius 1 is 1.53 bits per heavy atom. The maximum Gasteiger partial charge on any atom is 0.248 e. The highest BCUT2D eigenvalue weighted by Crippen LogP contribution is 2.26. The highest BCUT2D eigenvalue weighted by atomic mass is 32.2. The summed E-state index contributed by atoms with van der Waals surface area (Å²) in [6.45, 7) is 4.01. The van der Waals surface area contributed by atoms with Crippen molar-refractivity contribution in [3.8, 4) is 0 Å². The molecule has 0 aliphatic carbocycles. The third kappa shape index (κ3) is 2.44. The Hall–Kier alpha value is -0.710. The van der Waals surface area contributed by atoms with Gasteiger partial charge in [0, 0.05) is 11.8 Å². The number of rotatable bonds is 2. The zero-order valence-electron chi connectivity index (χ0n) is 10.5. The van der Waals surface area contributed by atoms with E-state index >= 15 is 0 Å². The first-order valence-corrected chi connectivity index (χ1v) is 7.42. The van der Waals surface area contributed by atoms with Gasteiger partial charge in [-0.05, 0) is 31.9 Å². The SMILES string of the molecule is CCC1(C)NC(=O)CN(C2CCCSC2)C1=O. The number of thioether (sulfide) groups is 1. The van der Waals surface area contributed by atoms with Gasteiger partial charge in [0.15, 0.2) is 0 Å². The van der Waals surface area contributed by atoms with Crippen molar-refractivity contribution in [1.82, 2.24) is 10.2 Å². The molecule has 2 heterocycles. The van der Waals surface area contributed by atoms with Crippen molar-refractivity contribution in [3.05, 3.63) is 0 Å². The Bertz CT molecular complexity index is 328. The Balaban J connectivity index is 2.15. The molecule has 2 atom stereocenters. The van der Waals surface area contributed by atoms with Crippen LogP contribution in [-0.4, -0.2) is 46.3 Å². The maximum absolute atomic E-state index is 12.4. The summed E-state index contributed by atoms with van der Waals surface area (Å²) in [5.41, 5.74) is -0.697. The van der Waals surface area contributed by atoms with Gasteiger partial charge in [0.25, 0.3) is 0 Å². The van der Waals surface area contributed by atoms with E-state index in [0.717, 1.165) is 18.6 Å². The summed E-state index contributed by atoms with van der Waals surface area (Å²) in [4.78, 5) is 25.9. The first-order valence-electron chi connectivity index (χ1n) is 6.26. The molecule has 2 unspecified atom stereocenters. The molecule has 0 saturated carbocycles. The molecule has 0 spiro atoms. The van der Waals surface area contributed by atoms with E-state index < -0.39 is 5.54 Å². The van der Waals surface area contributed by atoms with Crippen molar-refractivity contribution < 1.29 is 9.59 Å². The number of nitrogens with one attached hydrogen (secondary N) is 1. The van der Waals surface area contributed by atoms with E-state index in [-0.39, 0.29) is 24.4 Å². The molecule has 2 aliphatic heterocycles. The summed E-state index contributed by atoms with van der Waals surface area (Å²) >= 11 is 1.88. The van der Waals surface area contributed by atoms with Crippen molar-refractivity contribution >= 4 is 23.6 Å². The number of carbonyl (C=O) groups is 2. The largest absolute Gasteiger partial charge is 0.340 e. The molecule has 0 radical (unpaired) electrons. The van der Waals surface area contributed by atoms with E-state index in [0.29, 0.717) is 6.42 Å². The van der Waals surface area contributed by atoms with Crippen LogP contribution in [0, 0.1) is 0 Å². The second-order valence-electron chi connectivity index (χ2n) is 5.04. The fourth-order valence-corrected chi connectivity index (χ4v) is 3.60. The molecule has 0 aromatic rings. The van der Waals surface area contributed by atoms with E-state index in [1.165, 1.54) is 5.75 Å². The second-order valence-corrected chi connectivity index (χ2v) is 6.19. The molecule has 2 aliphatic rings. The summed E-state index contributed by atoms with van der Waals surface area (Å²) in [6.07, 6.45) is 2.82. The summed E-state index contributed by atoms with van der Waals surface area (Å²) < 4.78 is 0. The van der Waals surface area contributed by atoms with Crippen molar-refractivity contribution in [2.75, 3.05) is 18.1 Å². The number of nitrogens with zero attached hydrogens (tertiary/aromatic N) is 1. The minimum Gasteiger partial charge on any atom is -0.340 e. The first kappa shape index (κ1) is 12.7. The average molecular weight is 256 g/mol. The Morgan fingerprint density at radius 2 is 2.29 bits per heavy atom. The molecule has 2 amide bonds. The van der Waals surface area contributed by atoms with Gasteiger partial charge in [-0.3, -0.25) is 9.59 Å². The predicted molar refractivity (Wildman–Crippen MR) is 68.9 cm³/mol. The smallest absolute Gasteiger partial charge is 0.248 e. The topological polar surface area (TPSA) is 49.4 Å². The lowest BCUT2D eigenvalue weighted by atomic mass is 9.93. The van der Waals surface area contributed by atoms with Crippen LogP contribution in [0.1, 0.15) is 33.1 Å². The van der Waals surface area contributed by atoms with E-state index in [1.807, 2.05) is 25.6 Å². The summed E-state index contributed by atoms with van der Waals surface area (Å²) in [7, 11) is 0. The van der Waals surface area contributed by atoms with Crippen LogP contribution in [0.4, 0.5) is 0 Å². The van der Waals surface area contributed by atoms with Crippen molar-refractivity contribution in [1.29, 1.82) is 0 Å². The lowest BCUT2D eigenvalue weighted by Crippen LogP contribution is -2.67. The van der Waals surface area contributed by atoms with Crippen LogP contribution >= 0.6 is 11.8 Å². The molecule has 5 heteroatoms. The normalized spacial score (nSPS) is 34.7. The van der Waals surface area contributed by atoms with Gasteiger partial charge in [-0.1, -0.05) is 6.92 Å². The Morgan fingerprint density at radius 3 is 2.88 bits per heavy atom. The van der Waals surface area contributed by atoms with Crippen molar-refractivity contribution in [2.24, 2.45) is 0 Å². The maximum atomic E-state index is 12.4. The van der Waals surface area contributed by atoms with Crippen LogP contribution in [-0.2, 0) is 9.59 Å². The van der Waals surface area contributed by atoms with Crippen LogP contribution in [0.15, 0.2) is 0 Å². The van der Waals surface area contributed by atoms with Gasteiger partial charge >= 0.3 is 0 Å². The number of piperazine rings is 1. The van der Waals surface area contributed by atoms with Gasteiger partial charge < -0.3 is 10.2 Å². The second kappa shape index (κ2) is 4.88. The van der Waals surface area contributed by atoms with Crippen LogP contribution in [0.5, 0.6) is 0 Å². The third-order valence-electron chi connectivity index (χ3n) is 3.75. The standard InChI is InChI=1S/C12H20N2O2S/c1-3-12(2)11(16)14(7-10(15)13-12)9-5-4-6-17-8-9/h9H,3-8H2,1-2H3,(H,13,15). The minimum atomic E-state index is -0.697. The molecule has 0 aromatic heterocycles. The van der Waals surface area contributed by atoms with E-state index in [9.17, 15) is 9.59 Å². The molecule has 0 bridgehead atoms. The molecule has 4 nitrogen and oxygen atoms in total. The van der Waals surface area contributed by atoms with Gasteiger partial charge in [0.1, 0.15) is 5.54 Å². The summed E-state index contributed by atoms with van der Waals surface area (Å²) in [5, 5.41) is 2.82. The van der Waals surface area contributed by atoms with Gasteiger partial charge in [0.2, 0.25) is 11.8 Å². The molecule has 0 aromatic carbocycles. The molecular weight excluding hydrogens is 236 g/mol. The van der Waals surface area contributed by atoms with Crippen LogP contribution in [0.3, 0.4) is 0 Å². The Kier molecular flexibility index (Phi) is 3.66. The van der Waals surface area contributed by atoms with E-state index in [1.54, 1.807) is 4.90 Å². The first-order chi connectivity index (χ1) is 8.07. The van der Waals surface area contributed by atoms with Crippen molar-refractivity contribution in [3.63, 3.8) is 0 Å². The quantitative estimate of drug-likeness (QED) is 0.802. The molecule has 2 rings (SSSR count). The number of hydrogen-bond acceptors (Lipinski definition) is 3. The molecule has 1 N–H and O–H groups in total. The fourth-order valence-electron chi connectivity index (χ4n) is 2.45. The predicted octanol–water partition coefficient (Wildman–Crippen LogP) is 1.01. The zero-order chi connectivity index (χ0) is 12.5. The van der Waals surface area contributed by atoms with Crippen LogP contribution in [0.25, 0.3) is 0 Å². The van der Waals surface area contributed by atoms with Crippen LogP contribution in [0.2, 0.25) is 0 Å². The van der Waals surface area contributed by atoms with E-state index in [4.69, 9.17) is 0 Å². The molecule has 2 saturated heterocycles. The summed E-state index contributed by atoms with van der Waals surface area (Å²) in [6, 6.07) is 0.248. The van der Waals surface area contributed by atoms with Crippen molar-refractivity contribution in [2.45, 2.75) is 44.7 Å². The number of amides is 2. The van der Waals surface area contributed by atoms with Crippen LogP contribution < -0.4 is 5.32 Å². The lowest BCUT2D eigenvalue weighted by Gasteiger charge is -2.43. The number of hydrogen-bond donors (Lipinski definition) is 1. The monoisotopic (exact) mass is 256 g/mol. The highest BCUT2D eigenvalue weighted by Gasteiger charge is 2.43. The van der Waals surface area contributed by atoms with Gasteiger partial charge in [-0.15, -0.1) is 0 Å².